The lowest BCUT2D eigenvalue weighted by Crippen LogP contribution is -2.43. The molecule has 1 aliphatic rings. The molecular weight excluding hydrogens is 328 g/mol. The van der Waals surface area contributed by atoms with Crippen molar-refractivity contribution >= 4 is 38.6 Å². The lowest BCUT2D eigenvalue weighted by molar-refractivity contribution is -0.0831. The minimum Gasteiger partial charge on any atom is -0.376 e. The largest absolute Gasteiger partial charge is 0.376 e. The minimum atomic E-state index is -0.0310. The van der Waals surface area contributed by atoms with Crippen LogP contribution in [-0.4, -0.2) is 22.3 Å². The zero-order valence-corrected chi connectivity index (χ0v) is 13.2. The molecule has 19 heavy (non-hydrogen) atoms. The smallest absolute Gasteiger partial charge is 0.124 e. The van der Waals surface area contributed by atoms with Crippen LogP contribution in [0.4, 0.5) is 0 Å². The van der Waals surface area contributed by atoms with E-state index in [1.54, 1.807) is 7.11 Å². The van der Waals surface area contributed by atoms with Crippen LogP contribution in [0.15, 0.2) is 22.7 Å². The van der Waals surface area contributed by atoms with Crippen LogP contribution in [-0.2, 0) is 17.2 Å². The Morgan fingerprint density at radius 1 is 1.47 bits per heavy atom. The lowest BCUT2D eigenvalue weighted by atomic mass is 9.80. The van der Waals surface area contributed by atoms with E-state index in [9.17, 15) is 0 Å². The highest BCUT2D eigenvalue weighted by molar-refractivity contribution is 9.10. The maximum Gasteiger partial charge on any atom is 0.124 e. The Labute approximate surface area is 126 Å². The van der Waals surface area contributed by atoms with Gasteiger partial charge in [-0.2, -0.15) is 0 Å². The molecule has 0 aliphatic heterocycles. The molecule has 1 heterocycles. The monoisotopic (exact) mass is 342 g/mol. The van der Waals surface area contributed by atoms with Gasteiger partial charge in [-0.25, -0.2) is 4.98 Å². The van der Waals surface area contributed by atoms with E-state index in [1.807, 2.05) is 12.1 Å². The van der Waals surface area contributed by atoms with Crippen LogP contribution in [0.25, 0.3) is 11.0 Å². The maximum absolute atomic E-state index is 6.04. The highest BCUT2D eigenvalue weighted by Crippen LogP contribution is 2.38. The van der Waals surface area contributed by atoms with Crippen LogP contribution in [0.1, 0.15) is 25.1 Å². The first-order valence-corrected chi connectivity index (χ1v) is 7.76. The van der Waals surface area contributed by atoms with Gasteiger partial charge in [-0.05, 0) is 37.5 Å². The van der Waals surface area contributed by atoms with Crippen molar-refractivity contribution in [2.45, 2.75) is 37.3 Å². The van der Waals surface area contributed by atoms with Crippen molar-refractivity contribution < 1.29 is 4.74 Å². The Balaban J connectivity index is 2.07. The van der Waals surface area contributed by atoms with E-state index in [-0.39, 0.29) is 5.60 Å². The van der Waals surface area contributed by atoms with Gasteiger partial charge in [0, 0.05) is 11.6 Å². The molecule has 3 nitrogen and oxygen atoms in total. The number of methoxy groups -OCH3 is 1. The molecule has 0 unspecified atom stereocenters. The van der Waals surface area contributed by atoms with Gasteiger partial charge in [-0.1, -0.05) is 15.9 Å². The molecule has 0 spiro atoms. The van der Waals surface area contributed by atoms with Crippen molar-refractivity contribution in [1.82, 2.24) is 9.55 Å². The molecular formula is C14H16BrClN2O. The average Bonchev–Trinajstić information content (AvgIpc) is 2.71. The first-order valence-electron chi connectivity index (χ1n) is 6.43. The first kappa shape index (κ1) is 13.4. The van der Waals surface area contributed by atoms with E-state index in [2.05, 4.69) is 31.5 Å². The second kappa shape index (κ2) is 5.08. The molecule has 102 valence electrons. The lowest BCUT2D eigenvalue weighted by Gasteiger charge is -2.41. The van der Waals surface area contributed by atoms with Crippen molar-refractivity contribution in [3.63, 3.8) is 0 Å². The van der Waals surface area contributed by atoms with E-state index < -0.39 is 0 Å². The summed E-state index contributed by atoms with van der Waals surface area (Å²) >= 11 is 9.56. The number of nitrogens with zero attached hydrogens (tertiary/aromatic N) is 2. The normalized spacial score (nSPS) is 17.6. The molecule has 0 atom stereocenters. The van der Waals surface area contributed by atoms with Gasteiger partial charge < -0.3 is 9.30 Å². The van der Waals surface area contributed by atoms with E-state index in [4.69, 9.17) is 16.3 Å². The van der Waals surface area contributed by atoms with E-state index in [0.29, 0.717) is 5.88 Å². The highest BCUT2D eigenvalue weighted by Gasteiger charge is 2.38. The number of aromatic nitrogens is 2. The molecule has 1 aromatic heterocycles. The number of alkyl halides is 1. The van der Waals surface area contributed by atoms with Crippen molar-refractivity contribution in [3.05, 3.63) is 28.5 Å². The number of benzene rings is 1. The Morgan fingerprint density at radius 2 is 2.26 bits per heavy atom. The number of hydrogen-bond acceptors (Lipinski definition) is 2. The predicted molar refractivity (Wildman–Crippen MR) is 80.6 cm³/mol. The fraction of sp³-hybridized carbons (Fsp3) is 0.500. The van der Waals surface area contributed by atoms with Gasteiger partial charge >= 0.3 is 0 Å². The molecule has 0 bridgehead atoms. The standard InChI is InChI=1S/C14H16BrClN2O/c1-19-14(5-2-6-14)9-18-12-7-10(15)3-4-11(12)17-13(18)8-16/h3-4,7H,2,5-6,8-9H2,1H3. The fourth-order valence-corrected chi connectivity index (χ4v) is 3.26. The Bertz CT molecular complexity index is 601. The summed E-state index contributed by atoms with van der Waals surface area (Å²) in [5.74, 6) is 1.34. The molecule has 0 saturated heterocycles. The molecule has 2 aromatic rings. The molecule has 3 rings (SSSR count). The van der Waals surface area contributed by atoms with Gasteiger partial charge in [0.15, 0.2) is 0 Å². The van der Waals surface area contributed by atoms with Gasteiger partial charge in [-0.15, -0.1) is 11.6 Å². The zero-order chi connectivity index (χ0) is 13.5. The summed E-state index contributed by atoms with van der Waals surface area (Å²) in [4.78, 5) is 4.60. The van der Waals surface area contributed by atoms with Crippen LogP contribution in [0.5, 0.6) is 0 Å². The quantitative estimate of drug-likeness (QED) is 0.781. The van der Waals surface area contributed by atoms with Crippen molar-refractivity contribution in [2.75, 3.05) is 7.11 Å². The summed E-state index contributed by atoms with van der Waals surface area (Å²) in [7, 11) is 1.80. The Morgan fingerprint density at radius 3 is 2.84 bits per heavy atom. The first-order chi connectivity index (χ1) is 9.17. The Hall–Kier alpha value is -0.580. The average molecular weight is 344 g/mol. The van der Waals surface area contributed by atoms with Crippen LogP contribution >= 0.6 is 27.5 Å². The third kappa shape index (κ3) is 2.30. The number of fused-ring (bicyclic) bond motifs is 1. The Kier molecular flexibility index (Phi) is 3.58. The fourth-order valence-electron chi connectivity index (χ4n) is 2.71. The van der Waals surface area contributed by atoms with Gasteiger partial charge in [0.1, 0.15) is 5.82 Å². The van der Waals surface area contributed by atoms with Crippen molar-refractivity contribution in [3.8, 4) is 0 Å². The van der Waals surface area contributed by atoms with Crippen molar-refractivity contribution in [1.29, 1.82) is 0 Å². The van der Waals surface area contributed by atoms with Gasteiger partial charge in [-0.3, -0.25) is 0 Å². The third-order valence-electron chi connectivity index (χ3n) is 4.05. The second-order valence-electron chi connectivity index (χ2n) is 5.12. The molecule has 1 aromatic carbocycles. The minimum absolute atomic E-state index is 0.0310. The molecule has 0 amide bonds. The van der Waals surface area contributed by atoms with Crippen molar-refractivity contribution in [2.24, 2.45) is 0 Å². The van der Waals surface area contributed by atoms with Crippen LogP contribution in [0.2, 0.25) is 0 Å². The summed E-state index contributed by atoms with van der Waals surface area (Å²) in [6.45, 7) is 0.832. The number of imidazole rings is 1. The van der Waals surface area contributed by atoms with Crippen LogP contribution in [0, 0.1) is 0 Å². The van der Waals surface area contributed by atoms with Gasteiger partial charge in [0.05, 0.1) is 29.1 Å². The number of rotatable bonds is 4. The van der Waals surface area contributed by atoms with E-state index >= 15 is 0 Å². The third-order valence-corrected chi connectivity index (χ3v) is 4.79. The summed E-state index contributed by atoms with van der Waals surface area (Å²) in [6, 6.07) is 6.12. The van der Waals surface area contributed by atoms with E-state index in [0.717, 1.165) is 40.7 Å². The van der Waals surface area contributed by atoms with Gasteiger partial charge in [0.2, 0.25) is 0 Å². The SMILES string of the molecule is COC1(Cn2c(CCl)nc3ccc(Br)cc32)CCC1. The van der Waals surface area contributed by atoms with Crippen LogP contribution in [0.3, 0.4) is 0 Å². The maximum atomic E-state index is 6.04. The summed E-state index contributed by atoms with van der Waals surface area (Å²) in [6.07, 6.45) is 3.46. The molecule has 1 fully saturated rings. The van der Waals surface area contributed by atoms with E-state index in [1.165, 1.54) is 6.42 Å². The molecule has 5 heteroatoms. The topological polar surface area (TPSA) is 27.1 Å². The molecule has 1 aliphatic carbocycles. The predicted octanol–water partition coefficient (Wildman–Crippen LogP) is 4.11. The number of hydrogen-bond donors (Lipinski definition) is 0. The summed E-state index contributed by atoms with van der Waals surface area (Å²) < 4.78 is 8.98. The zero-order valence-electron chi connectivity index (χ0n) is 10.8. The summed E-state index contributed by atoms with van der Waals surface area (Å²) in [5.41, 5.74) is 2.08. The van der Waals surface area contributed by atoms with Crippen LogP contribution < -0.4 is 0 Å². The highest BCUT2D eigenvalue weighted by atomic mass is 79.9. The van der Waals surface area contributed by atoms with Gasteiger partial charge in [0.25, 0.3) is 0 Å². The molecule has 0 N–H and O–H groups in total. The summed E-state index contributed by atoms with van der Waals surface area (Å²) in [5, 5.41) is 0. The molecule has 0 radical (unpaired) electrons. The number of ether oxygens (including phenoxy) is 1. The second-order valence-corrected chi connectivity index (χ2v) is 6.30. The number of halogens is 2. The molecule has 1 saturated carbocycles.